The van der Waals surface area contributed by atoms with Crippen molar-refractivity contribution in [1.82, 2.24) is 4.67 Å². The van der Waals surface area contributed by atoms with Crippen molar-refractivity contribution in [2.75, 3.05) is 6.54 Å². The molecule has 0 bridgehead atoms. The molecule has 4 aromatic rings. The average Bonchev–Trinajstić information content (AvgIpc) is 3.80. The van der Waals surface area contributed by atoms with Gasteiger partial charge in [0.25, 0.3) is 0 Å². The number of hydrogen-bond donors (Lipinski definition) is 1. The van der Waals surface area contributed by atoms with Crippen molar-refractivity contribution in [3.63, 3.8) is 0 Å². The zero-order valence-electron chi connectivity index (χ0n) is 23.8. The maximum Gasteiger partial charge on any atom is 0.208 e. The third-order valence-electron chi connectivity index (χ3n) is 8.89. The van der Waals surface area contributed by atoms with Crippen molar-refractivity contribution in [2.45, 2.75) is 55.8 Å². The van der Waals surface area contributed by atoms with Crippen LogP contribution in [-0.4, -0.2) is 22.4 Å². The highest BCUT2D eigenvalue weighted by Crippen LogP contribution is 2.66. The quantitative estimate of drug-likeness (QED) is 0.221. The van der Waals surface area contributed by atoms with Gasteiger partial charge < -0.3 is 9.63 Å². The monoisotopic (exact) mass is 637 g/mol. The minimum absolute atomic E-state index is 0. The van der Waals surface area contributed by atoms with E-state index in [-0.39, 0.29) is 27.0 Å². The van der Waals surface area contributed by atoms with Crippen LogP contribution in [0.5, 0.6) is 0 Å². The van der Waals surface area contributed by atoms with Crippen LogP contribution in [-0.2, 0) is 15.7 Å². The van der Waals surface area contributed by atoms with Crippen LogP contribution in [0.1, 0.15) is 60.8 Å². The first-order valence-corrected chi connectivity index (χ1v) is 16.6. The standard InChI is InChI=1S/C18H20O.C17H17ClNOP.2H2S/c19-18(17-13-7-8-14-17,15-9-3-1-4-10-15)16-11-5-2-6-12-16;18-21-19-13-7-12-16(19)17(20-21,14-8-3-1-4-9-14)15-10-5-2-6-11-15;;/h1-6,9-12,17,19H,7-8,13-14H2;1-6,8-11,16H,7,12-13H2;2*1H2/t;16-,21?;;/m.0../s1. The molecule has 0 amide bonds. The fourth-order valence-corrected chi connectivity index (χ4v) is 9.32. The first-order chi connectivity index (χ1) is 19.6. The Bertz CT molecular complexity index is 1280. The molecule has 0 radical (unpaired) electrons. The summed E-state index contributed by atoms with van der Waals surface area (Å²) in [5, 5.41) is 11.5. The van der Waals surface area contributed by atoms with E-state index in [2.05, 4.69) is 53.2 Å². The van der Waals surface area contributed by atoms with Gasteiger partial charge in [0.2, 0.25) is 7.65 Å². The number of fused-ring (bicyclic) bond motifs is 1. The van der Waals surface area contributed by atoms with Crippen LogP contribution in [0.3, 0.4) is 0 Å². The molecule has 7 heteroatoms. The molecule has 3 nitrogen and oxygen atoms in total. The molecule has 0 aromatic heterocycles. The summed E-state index contributed by atoms with van der Waals surface area (Å²) in [4.78, 5) is 0. The van der Waals surface area contributed by atoms with Crippen molar-refractivity contribution in [1.29, 1.82) is 0 Å². The van der Waals surface area contributed by atoms with Gasteiger partial charge in [0, 0.05) is 6.54 Å². The van der Waals surface area contributed by atoms with Gasteiger partial charge in [0.15, 0.2) is 0 Å². The smallest absolute Gasteiger partial charge is 0.208 e. The van der Waals surface area contributed by atoms with E-state index in [4.69, 9.17) is 15.8 Å². The van der Waals surface area contributed by atoms with Crippen LogP contribution in [0, 0.1) is 5.92 Å². The van der Waals surface area contributed by atoms with Gasteiger partial charge >= 0.3 is 0 Å². The molecular weight excluding hydrogens is 597 g/mol. The average molecular weight is 638 g/mol. The second-order valence-corrected chi connectivity index (χ2v) is 13.1. The second-order valence-electron chi connectivity index (χ2n) is 11.1. The van der Waals surface area contributed by atoms with Gasteiger partial charge in [0.1, 0.15) is 11.2 Å². The second kappa shape index (κ2) is 14.8. The Kier molecular flexibility index (Phi) is 11.6. The van der Waals surface area contributed by atoms with Gasteiger partial charge in [0.05, 0.1) is 6.04 Å². The van der Waals surface area contributed by atoms with Gasteiger partial charge in [-0.3, -0.25) is 0 Å². The Labute approximate surface area is 270 Å². The summed E-state index contributed by atoms with van der Waals surface area (Å²) < 4.78 is 8.80. The molecule has 2 aliphatic heterocycles. The van der Waals surface area contributed by atoms with Gasteiger partial charge in [-0.2, -0.15) is 27.0 Å². The molecule has 2 saturated heterocycles. The summed E-state index contributed by atoms with van der Waals surface area (Å²) in [5.41, 5.74) is 3.20. The topological polar surface area (TPSA) is 32.7 Å². The van der Waals surface area contributed by atoms with Crippen molar-refractivity contribution in [3.8, 4) is 0 Å². The minimum Gasteiger partial charge on any atom is -0.380 e. The predicted octanol–water partition coefficient (Wildman–Crippen LogP) is 9.23. The Morgan fingerprint density at radius 1 is 0.667 bits per heavy atom. The lowest BCUT2D eigenvalue weighted by molar-refractivity contribution is 0.0188. The Morgan fingerprint density at radius 3 is 1.55 bits per heavy atom. The van der Waals surface area contributed by atoms with Gasteiger partial charge in [-0.15, -0.1) is 0 Å². The first-order valence-electron chi connectivity index (χ1n) is 14.5. The molecule has 1 N–H and O–H groups in total. The zero-order valence-corrected chi connectivity index (χ0v) is 27.4. The highest BCUT2D eigenvalue weighted by atomic mass is 35.7. The van der Waals surface area contributed by atoms with Gasteiger partial charge in [-0.05, 0) is 65.1 Å². The Morgan fingerprint density at radius 2 is 1.10 bits per heavy atom. The summed E-state index contributed by atoms with van der Waals surface area (Å²) in [6.07, 6.45) is 7.01. The van der Waals surface area contributed by atoms with E-state index in [1.54, 1.807) is 0 Å². The number of nitrogens with zero attached hydrogens (tertiary/aromatic N) is 1. The maximum absolute atomic E-state index is 11.5. The Hall–Kier alpha value is -1.82. The summed E-state index contributed by atoms with van der Waals surface area (Å²) in [5.74, 6) is 0.331. The molecule has 2 atom stereocenters. The molecule has 1 aliphatic carbocycles. The number of hydrogen-bond acceptors (Lipinski definition) is 3. The number of aliphatic hydroxyl groups is 1. The normalized spacial score (nSPS) is 21.4. The van der Waals surface area contributed by atoms with Crippen LogP contribution in [0.15, 0.2) is 121 Å². The van der Waals surface area contributed by atoms with E-state index in [1.165, 1.54) is 30.4 Å². The molecule has 2 heterocycles. The van der Waals surface area contributed by atoms with Crippen LogP contribution >= 0.6 is 45.9 Å². The van der Waals surface area contributed by atoms with Crippen LogP contribution in [0.4, 0.5) is 0 Å². The highest BCUT2D eigenvalue weighted by molar-refractivity contribution is 7.78. The highest BCUT2D eigenvalue weighted by Gasteiger charge is 2.57. The van der Waals surface area contributed by atoms with Gasteiger partial charge in [-0.25, -0.2) is 4.67 Å². The molecule has 3 aliphatic rings. The van der Waals surface area contributed by atoms with E-state index in [1.807, 2.05) is 72.8 Å². The van der Waals surface area contributed by atoms with Crippen molar-refractivity contribution >= 4 is 45.9 Å². The molecule has 1 saturated carbocycles. The SMILES string of the molecule is ClP1OC(c2ccccc2)(c2ccccc2)[C@@H]2CCCN21.OC(c1ccccc1)(c1ccccc1)C1CCCC1.S.S. The third kappa shape index (κ3) is 6.21. The van der Waals surface area contributed by atoms with Crippen LogP contribution in [0.25, 0.3) is 0 Å². The van der Waals surface area contributed by atoms with Crippen molar-refractivity contribution in [3.05, 3.63) is 144 Å². The summed E-state index contributed by atoms with van der Waals surface area (Å²) in [6, 6.07) is 41.6. The van der Waals surface area contributed by atoms with Crippen molar-refractivity contribution < 1.29 is 9.63 Å². The maximum atomic E-state index is 11.5. The van der Waals surface area contributed by atoms with E-state index < -0.39 is 18.9 Å². The number of rotatable bonds is 5. The lowest BCUT2D eigenvalue weighted by atomic mass is 9.75. The fraction of sp³-hybridized carbons (Fsp3) is 0.314. The van der Waals surface area contributed by atoms with E-state index >= 15 is 0 Å². The summed E-state index contributed by atoms with van der Waals surface area (Å²) >= 11 is 6.57. The number of halogens is 1. The number of benzene rings is 4. The molecule has 4 aromatic carbocycles. The van der Waals surface area contributed by atoms with E-state index in [0.717, 1.165) is 36.9 Å². The Balaban J connectivity index is 0.000000185. The molecule has 42 heavy (non-hydrogen) atoms. The largest absolute Gasteiger partial charge is 0.380 e. The molecule has 1 unspecified atom stereocenters. The molecule has 7 rings (SSSR count). The third-order valence-corrected chi connectivity index (χ3v) is 11.0. The first kappa shape index (κ1) is 33.1. The predicted molar refractivity (Wildman–Crippen MR) is 186 cm³/mol. The molecule has 222 valence electrons. The fourth-order valence-electron chi connectivity index (χ4n) is 6.98. The lowest BCUT2D eigenvalue weighted by Gasteiger charge is -2.35. The summed E-state index contributed by atoms with van der Waals surface area (Å²) in [7, 11) is -1.03. The summed E-state index contributed by atoms with van der Waals surface area (Å²) in [6.45, 7) is 1.04. The van der Waals surface area contributed by atoms with Gasteiger partial charge in [-0.1, -0.05) is 134 Å². The van der Waals surface area contributed by atoms with Crippen molar-refractivity contribution in [2.24, 2.45) is 5.92 Å². The van der Waals surface area contributed by atoms with Crippen LogP contribution in [0.2, 0.25) is 0 Å². The lowest BCUT2D eigenvalue weighted by Crippen LogP contribution is -2.40. The van der Waals surface area contributed by atoms with E-state index in [9.17, 15) is 5.11 Å². The van der Waals surface area contributed by atoms with Crippen LogP contribution < -0.4 is 0 Å². The minimum atomic E-state index is -1.03. The molecule has 0 spiro atoms. The van der Waals surface area contributed by atoms with E-state index in [0.29, 0.717) is 12.0 Å². The molecular formula is C35H41ClNO2PS2. The molecule has 3 fully saturated rings. The zero-order chi connectivity index (χ0) is 27.4.